The Morgan fingerprint density at radius 1 is 1.28 bits per heavy atom. The molecule has 0 N–H and O–H groups in total. The highest BCUT2D eigenvalue weighted by atomic mass is 32.2. The largest absolute Gasteiger partial charge is 0.591 e. The third-order valence-corrected chi connectivity index (χ3v) is 4.02. The van der Waals surface area contributed by atoms with E-state index < -0.39 is 11.4 Å². The highest BCUT2D eigenvalue weighted by molar-refractivity contribution is 7.91. The predicted molar refractivity (Wildman–Crippen MR) is 72.7 cm³/mol. The Morgan fingerprint density at radius 2 is 1.94 bits per heavy atom. The van der Waals surface area contributed by atoms with Crippen LogP contribution in [0.2, 0.25) is 0 Å². The first-order valence-corrected chi connectivity index (χ1v) is 6.86. The van der Waals surface area contributed by atoms with E-state index in [2.05, 4.69) is 4.40 Å². The van der Waals surface area contributed by atoms with Gasteiger partial charge in [0.05, 0.1) is 5.71 Å². The van der Waals surface area contributed by atoms with Gasteiger partial charge in [-0.2, -0.15) is 0 Å². The molecule has 0 radical (unpaired) electrons. The van der Waals surface area contributed by atoms with Gasteiger partial charge in [0.2, 0.25) is 6.79 Å². The summed E-state index contributed by atoms with van der Waals surface area (Å²) < 4.78 is 26.4. The van der Waals surface area contributed by atoms with Crippen LogP contribution in [-0.2, 0) is 11.4 Å². The van der Waals surface area contributed by atoms with E-state index in [1.807, 2.05) is 45.9 Å². The molecule has 4 nitrogen and oxygen atoms in total. The maximum absolute atomic E-state index is 11.9. The van der Waals surface area contributed by atoms with E-state index in [0.717, 1.165) is 17.0 Å². The van der Waals surface area contributed by atoms with Crippen molar-refractivity contribution >= 4 is 17.1 Å². The number of rotatable bonds is 2. The minimum Gasteiger partial charge on any atom is -0.591 e. The number of hydrogen-bond acceptors (Lipinski definition) is 4. The van der Waals surface area contributed by atoms with Crippen LogP contribution in [0.1, 0.15) is 33.3 Å². The molecule has 1 unspecified atom stereocenters. The second-order valence-electron chi connectivity index (χ2n) is 5.11. The molecular formula is C13H17NO3S. The monoisotopic (exact) mass is 267 g/mol. The molecule has 0 fully saturated rings. The molecule has 5 heteroatoms. The second-order valence-corrected chi connectivity index (χ2v) is 7.01. The van der Waals surface area contributed by atoms with Gasteiger partial charge < -0.3 is 14.0 Å². The van der Waals surface area contributed by atoms with Crippen LogP contribution in [0.15, 0.2) is 22.6 Å². The fourth-order valence-electron chi connectivity index (χ4n) is 1.44. The molecule has 1 heterocycles. The van der Waals surface area contributed by atoms with Crippen LogP contribution in [0, 0.1) is 0 Å². The van der Waals surface area contributed by atoms with Gasteiger partial charge in [-0.05, 0) is 45.9 Å². The molecule has 18 heavy (non-hydrogen) atoms. The van der Waals surface area contributed by atoms with Crippen LogP contribution < -0.4 is 9.47 Å². The van der Waals surface area contributed by atoms with Crippen LogP contribution in [0.5, 0.6) is 11.5 Å². The molecule has 1 aromatic carbocycles. The maximum atomic E-state index is 11.9. The van der Waals surface area contributed by atoms with Crippen molar-refractivity contribution in [3.63, 3.8) is 0 Å². The van der Waals surface area contributed by atoms with Crippen molar-refractivity contribution in [1.29, 1.82) is 0 Å². The van der Waals surface area contributed by atoms with Crippen molar-refractivity contribution in [2.75, 3.05) is 6.79 Å². The molecule has 0 aliphatic carbocycles. The highest BCUT2D eigenvalue weighted by Gasteiger charge is 2.27. The summed E-state index contributed by atoms with van der Waals surface area (Å²) in [6.45, 7) is 7.81. The molecule has 0 spiro atoms. The van der Waals surface area contributed by atoms with Gasteiger partial charge in [-0.25, -0.2) is 0 Å². The molecule has 0 saturated carbocycles. The Bertz CT molecular complexity index is 480. The van der Waals surface area contributed by atoms with Crippen molar-refractivity contribution in [3.05, 3.63) is 23.8 Å². The minimum atomic E-state index is -1.25. The number of fused-ring (bicyclic) bond motifs is 1. The smallest absolute Gasteiger partial charge is 0.231 e. The summed E-state index contributed by atoms with van der Waals surface area (Å²) >= 11 is -1.25. The molecule has 2 rings (SSSR count). The number of benzene rings is 1. The van der Waals surface area contributed by atoms with Gasteiger partial charge in [-0.3, -0.25) is 0 Å². The van der Waals surface area contributed by atoms with E-state index in [0.29, 0.717) is 5.75 Å². The summed E-state index contributed by atoms with van der Waals surface area (Å²) in [6.07, 6.45) is 0. The van der Waals surface area contributed by atoms with Crippen LogP contribution in [-0.4, -0.2) is 21.8 Å². The zero-order chi connectivity index (χ0) is 13.3. The van der Waals surface area contributed by atoms with E-state index in [4.69, 9.17) is 9.47 Å². The Hall–Kier alpha value is -1.20. The van der Waals surface area contributed by atoms with Gasteiger partial charge >= 0.3 is 0 Å². The van der Waals surface area contributed by atoms with Crippen molar-refractivity contribution < 1.29 is 14.0 Å². The molecular weight excluding hydrogens is 250 g/mol. The molecule has 1 aliphatic heterocycles. The van der Waals surface area contributed by atoms with E-state index in [-0.39, 0.29) is 11.5 Å². The maximum Gasteiger partial charge on any atom is 0.231 e. The standard InChI is InChI=1S/C13H17NO3S/c1-9(14-18(15)13(2,3)4)10-5-6-11-12(7-10)17-8-16-11/h5-7H,8H2,1-4H3/b14-9-. The predicted octanol–water partition coefficient (Wildman–Crippen LogP) is 2.69. The molecule has 1 aromatic rings. The molecule has 0 saturated heterocycles. The summed E-state index contributed by atoms with van der Waals surface area (Å²) in [5.74, 6) is 1.45. The Kier molecular flexibility index (Phi) is 3.54. The molecule has 0 aromatic heterocycles. The molecule has 98 valence electrons. The zero-order valence-electron chi connectivity index (χ0n) is 11.0. The zero-order valence-corrected chi connectivity index (χ0v) is 11.8. The van der Waals surface area contributed by atoms with E-state index in [9.17, 15) is 4.55 Å². The first-order valence-electron chi connectivity index (χ1n) is 5.75. The fourth-order valence-corrected chi connectivity index (χ4v) is 2.06. The normalized spacial score (nSPS) is 16.8. The van der Waals surface area contributed by atoms with Gasteiger partial charge in [-0.15, -0.1) is 0 Å². The Labute approximate surface area is 110 Å². The van der Waals surface area contributed by atoms with Gasteiger partial charge in [0, 0.05) is 5.56 Å². The summed E-state index contributed by atoms with van der Waals surface area (Å²) in [6, 6.07) is 5.60. The number of ether oxygens (including phenoxy) is 2. The topological polar surface area (TPSA) is 53.9 Å². The Morgan fingerprint density at radius 3 is 2.61 bits per heavy atom. The van der Waals surface area contributed by atoms with Crippen LogP contribution in [0.25, 0.3) is 0 Å². The SMILES string of the molecule is C/C(=N/[S+]([O-])C(C)(C)C)c1ccc2c(c1)OCO2. The molecule has 1 atom stereocenters. The first-order chi connectivity index (χ1) is 8.38. The summed E-state index contributed by atoms with van der Waals surface area (Å²) in [4.78, 5) is 0. The first kappa shape index (κ1) is 13.2. The fraction of sp³-hybridized carbons (Fsp3) is 0.462. The van der Waals surface area contributed by atoms with Crippen LogP contribution in [0.3, 0.4) is 0 Å². The lowest BCUT2D eigenvalue weighted by Crippen LogP contribution is -2.26. The third kappa shape index (κ3) is 2.79. The highest BCUT2D eigenvalue weighted by Crippen LogP contribution is 2.32. The Balaban J connectivity index is 2.24. The van der Waals surface area contributed by atoms with E-state index >= 15 is 0 Å². The molecule has 0 bridgehead atoms. The van der Waals surface area contributed by atoms with Crippen LogP contribution in [0.4, 0.5) is 0 Å². The molecule has 1 aliphatic rings. The lowest BCUT2D eigenvalue weighted by Gasteiger charge is -2.18. The average Bonchev–Trinajstić information content (AvgIpc) is 2.74. The van der Waals surface area contributed by atoms with Crippen LogP contribution >= 0.6 is 0 Å². The lowest BCUT2D eigenvalue weighted by molar-refractivity contribution is 0.174. The third-order valence-electron chi connectivity index (χ3n) is 2.53. The molecule has 0 amide bonds. The van der Waals surface area contributed by atoms with Crippen molar-refractivity contribution in [2.45, 2.75) is 32.4 Å². The number of hydrogen-bond donors (Lipinski definition) is 0. The van der Waals surface area contributed by atoms with Gasteiger partial charge in [0.15, 0.2) is 11.5 Å². The summed E-state index contributed by atoms with van der Waals surface area (Å²) in [5.41, 5.74) is 1.64. The van der Waals surface area contributed by atoms with Crippen molar-refractivity contribution in [1.82, 2.24) is 0 Å². The van der Waals surface area contributed by atoms with Gasteiger partial charge in [0.25, 0.3) is 0 Å². The van der Waals surface area contributed by atoms with E-state index in [1.165, 1.54) is 0 Å². The summed E-state index contributed by atoms with van der Waals surface area (Å²) in [7, 11) is 0. The van der Waals surface area contributed by atoms with Crippen molar-refractivity contribution in [3.8, 4) is 11.5 Å². The minimum absolute atomic E-state index is 0.253. The lowest BCUT2D eigenvalue weighted by atomic mass is 10.1. The quantitative estimate of drug-likeness (QED) is 0.611. The van der Waals surface area contributed by atoms with Gasteiger partial charge in [0.1, 0.15) is 16.1 Å². The van der Waals surface area contributed by atoms with Crippen molar-refractivity contribution in [2.24, 2.45) is 4.40 Å². The van der Waals surface area contributed by atoms with E-state index in [1.54, 1.807) is 0 Å². The summed E-state index contributed by atoms with van der Waals surface area (Å²) in [5, 5.41) is 0. The van der Waals surface area contributed by atoms with Gasteiger partial charge in [-0.1, -0.05) is 4.40 Å². The number of nitrogens with zero attached hydrogens (tertiary/aromatic N) is 1. The second kappa shape index (κ2) is 4.82. The average molecular weight is 267 g/mol.